The molecule has 0 radical (unpaired) electrons. The lowest BCUT2D eigenvalue weighted by molar-refractivity contribution is -0.139. The molecule has 1 heterocycles. The summed E-state index contributed by atoms with van der Waals surface area (Å²) in [6.07, 6.45) is 2.91. The highest BCUT2D eigenvalue weighted by Crippen LogP contribution is 2.36. The molecule has 0 bridgehead atoms. The summed E-state index contributed by atoms with van der Waals surface area (Å²) in [5.74, 6) is -0.509. The molecule has 3 aromatic carbocycles. The van der Waals surface area contributed by atoms with E-state index < -0.39 is 11.9 Å². The van der Waals surface area contributed by atoms with Gasteiger partial charge in [-0.1, -0.05) is 80.1 Å². The summed E-state index contributed by atoms with van der Waals surface area (Å²) in [4.78, 5) is 14.7. The van der Waals surface area contributed by atoms with Gasteiger partial charge in [0.15, 0.2) is 0 Å². The van der Waals surface area contributed by atoms with Gasteiger partial charge in [-0.25, -0.2) is 0 Å². The fourth-order valence-electron chi connectivity index (χ4n) is 5.00. The smallest absolute Gasteiger partial charge is 0.310 e. The summed E-state index contributed by atoms with van der Waals surface area (Å²) in [5.41, 5.74) is 6.95. The van der Waals surface area contributed by atoms with Crippen LogP contribution in [0.15, 0.2) is 72.8 Å². The molecule has 0 saturated carbocycles. The van der Waals surface area contributed by atoms with Crippen LogP contribution in [0.4, 0.5) is 5.69 Å². The average molecular weight is 442 g/mol. The van der Waals surface area contributed by atoms with Crippen LogP contribution in [-0.2, 0) is 4.79 Å². The number of benzene rings is 3. The monoisotopic (exact) mass is 441 g/mol. The maximum atomic E-state index is 12.2. The molecule has 0 amide bonds. The third-order valence-corrected chi connectivity index (χ3v) is 6.78. The number of carboxylic acids is 1. The van der Waals surface area contributed by atoms with Crippen molar-refractivity contribution in [3.05, 3.63) is 89.5 Å². The number of aryl methyl sites for hydroxylation is 1. The highest BCUT2D eigenvalue weighted by Gasteiger charge is 2.26. The number of hydrogen-bond donors (Lipinski definition) is 1. The molecule has 3 aromatic rings. The Labute approximate surface area is 198 Å². The molecule has 0 aliphatic carbocycles. The van der Waals surface area contributed by atoms with Gasteiger partial charge >= 0.3 is 5.97 Å². The van der Waals surface area contributed by atoms with E-state index >= 15 is 0 Å². The topological polar surface area (TPSA) is 40.5 Å². The fourth-order valence-corrected chi connectivity index (χ4v) is 5.00. The van der Waals surface area contributed by atoms with Crippen LogP contribution in [0.25, 0.3) is 11.1 Å². The highest BCUT2D eigenvalue weighted by molar-refractivity contribution is 5.78. The first kappa shape index (κ1) is 23.1. The Hall–Kier alpha value is -3.07. The number of aliphatic carboxylic acids is 1. The maximum Gasteiger partial charge on any atom is 0.310 e. The van der Waals surface area contributed by atoms with E-state index in [9.17, 15) is 9.90 Å². The van der Waals surface area contributed by atoms with Crippen LogP contribution in [-0.4, -0.2) is 24.2 Å². The first-order valence-electron chi connectivity index (χ1n) is 12.2. The second-order valence-electron chi connectivity index (χ2n) is 9.90. The molecule has 1 aliphatic rings. The summed E-state index contributed by atoms with van der Waals surface area (Å²) in [6, 6.07) is 25.7. The minimum atomic E-state index is -0.731. The van der Waals surface area contributed by atoms with E-state index in [-0.39, 0.29) is 0 Å². The van der Waals surface area contributed by atoms with E-state index in [1.54, 1.807) is 0 Å². The molecule has 1 N–H and O–H groups in total. The Morgan fingerprint density at radius 2 is 1.73 bits per heavy atom. The number of nitrogens with zero attached hydrogens (tertiary/aromatic N) is 1. The second-order valence-corrected chi connectivity index (χ2v) is 9.90. The molecule has 3 nitrogen and oxygen atoms in total. The number of hydrogen-bond acceptors (Lipinski definition) is 2. The van der Waals surface area contributed by atoms with E-state index in [0.717, 1.165) is 42.6 Å². The lowest BCUT2D eigenvalue weighted by Gasteiger charge is -2.35. The predicted molar refractivity (Wildman–Crippen MR) is 137 cm³/mol. The molecule has 1 aliphatic heterocycles. The van der Waals surface area contributed by atoms with Crippen molar-refractivity contribution in [2.45, 2.75) is 51.9 Å². The number of anilines is 1. The van der Waals surface area contributed by atoms with Gasteiger partial charge in [-0.05, 0) is 66.5 Å². The van der Waals surface area contributed by atoms with E-state index in [1.807, 2.05) is 0 Å². The molecule has 3 heteroatoms. The molecule has 1 fully saturated rings. The maximum absolute atomic E-state index is 12.2. The first-order chi connectivity index (χ1) is 15.9. The van der Waals surface area contributed by atoms with Gasteiger partial charge in [-0.2, -0.15) is 0 Å². The molecule has 4 rings (SSSR count). The van der Waals surface area contributed by atoms with Crippen molar-refractivity contribution >= 4 is 11.7 Å². The van der Waals surface area contributed by atoms with Gasteiger partial charge < -0.3 is 10.0 Å². The Bertz CT molecular complexity index is 1070. The Balaban J connectivity index is 1.73. The molecule has 1 saturated heterocycles. The van der Waals surface area contributed by atoms with Gasteiger partial charge in [0, 0.05) is 24.7 Å². The van der Waals surface area contributed by atoms with Crippen LogP contribution in [0.3, 0.4) is 0 Å². The molecule has 2 unspecified atom stereocenters. The first-order valence-corrected chi connectivity index (χ1v) is 12.2. The molecule has 33 heavy (non-hydrogen) atoms. The highest BCUT2D eigenvalue weighted by atomic mass is 16.4. The van der Waals surface area contributed by atoms with Crippen molar-refractivity contribution in [2.75, 3.05) is 18.0 Å². The van der Waals surface area contributed by atoms with E-state index in [0.29, 0.717) is 18.3 Å². The zero-order chi connectivity index (χ0) is 23.4. The van der Waals surface area contributed by atoms with E-state index in [1.165, 1.54) is 16.8 Å². The van der Waals surface area contributed by atoms with Gasteiger partial charge in [0.1, 0.15) is 0 Å². The zero-order valence-corrected chi connectivity index (χ0v) is 20.0. The van der Waals surface area contributed by atoms with Crippen molar-refractivity contribution < 1.29 is 9.90 Å². The van der Waals surface area contributed by atoms with Crippen molar-refractivity contribution in [2.24, 2.45) is 5.92 Å². The van der Waals surface area contributed by atoms with Gasteiger partial charge in [0.25, 0.3) is 0 Å². The third-order valence-electron chi connectivity index (χ3n) is 6.78. The Morgan fingerprint density at radius 1 is 1.00 bits per heavy atom. The second kappa shape index (κ2) is 10.2. The van der Waals surface area contributed by atoms with Gasteiger partial charge in [-0.3, -0.25) is 4.79 Å². The van der Waals surface area contributed by atoms with Crippen LogP contribution in [0.5, 0.6) is 0 Å². The van der Waals surface area contributed by atoms with Gasteiger partial charge in [0.05, 0.1) is 5.92 Å². The standard InChI is InChI=1S/C30H35NO2/c1-21(2)16-29(30(32)33)27-18-25(23-13-11-22(3)12-14-23)17-26(19-27)24-8-7-15-31(20-24)28-9-5-4-6-10-28/h4-6,9-14,17-19,21,24,29H,7-8,15-16,20H2,1-3H3,(H,32,33). The predicted octanol–water partition coefficient (Wildman–Crippen LogP) is 7.26. The summed E-state index contributed by atoms with van der Waals surface area (Å²) in [7, 11) is 0. The lowest BCUT2D eigenvalue weighted by Crippen LogP contribution is -2.34. The van der Waals surface area contributed by atoms with Gasteiger partial charge in [0.2, 0.25) is 0 Å². The van der Waals surface area contributed by atoms with Crippen molar-refractivity contribution in [1.82, 2.24) is 0 Å². The molecular weight excluding hydrogens is 406 g/mol. The molecule has 172 valence electrons. The summed E-state index contributed by atoms with van der Waals surface area (Å²) >= 11 is 0. The van der Waals surface area contributed by atoms with Crippen LogP contribution in [0.1, 0.15) is 61.6 Å². The van der Waals surface area contributed by atoms with Crippen LogP contribution in [0, 0.1) is 12.8 Å². The quantitative estimate of drug-likeness (QED) is 0.419. The van der Waals surface area contributed by atoms with Crippen LogP contribution < -0.4 is 4.90 Å². The summed E-state index contributed by atoms with van der Waals surface area (Å²) < 4.78 is 0. The normalized spacial score (nSPS) is 17.2. The average Bonchev–Trinajstić information content (AvgIpc) is 2.83. The minimum Gasteiger partial charge on any atom is -0.481 e. The Morgan fingerprint density at radius 3 is 2.39 bits per heavy atom. The molecular formula is C30H35NO2. The van der Waals surface area contributed by atoms with Crippen molar-refractivity contribution in [1.29, 1.82) is 0 Å². The van der Waals surface area contributed by atoms with E-state index in [2.05, 4.69) is 98.5 Å². The fraction of sp³-hybridized carbons (Fsp3) is 0.367. The number of piperidine rings is 1. The van der Waals surface area contributed by atoms with Gasteiger partial charge in [-0.15, -0.1) is 0 Å². The SMILES string of the molecule is Cc1ccc(-c2cc(C3CCCN(c4ccccc4)C3)cc(C(CC(C)C)C(=O)O)c2)cc1. The molecule has 2 atom stereocenters. The van der Waals surface area contributed by atoms with Crippen molar-refractivity contribution in [3.8, 4) is 11.1 Å². The number of carboxylic acid groups (broad SMARTS) is 1. The van der Waals surface area contributed by atoms with Crippen molar-refractivity contribution in [3.63, 3.8) is 0 Å². The van der Waals surface area contributed by atoms with E-state index in [4.69, 9.17) is 0 Å². The molecule has 0 spiro atoms. The minimum absolute atomic E-state index is 0.320. The largest absolute Gasteiger partial charge is 0.481 e. The number of rotatable bonds is 7. The number of carbonyl (C=O) groups is 1. The summed E-state index contributed by atoms with van der Waals surface area (Å²) in [6.45, 7) is 8.31. The molecule has 0 aromatic heterocycles. The third kappa shape index (κ3) is 5.65. The number of para-hydroxylation sites is 1. The summed E-state index contributed by atoms with van der Waals surface area (Å²) in [5, 5.41) is 10.1. The van der Waals surface area contributed by atoms with Crippen LogP contribution in [0.2, 0.25) is 0 Å². The Kier molecular flexibility index (Phi) is 7.17. The zero-order valence-electron chi connectivity index (χ0n) is 20.0. The van der Waals surface area contributed by atoms with Crippen LogP contribution >= 0.6 is 0 Å². The lowest BCUT2D eigenvalue weighted by atomic mass is 9.83.